The van der Waals surface area contributed by atoms with Crippen molar-refractivity contribution in [3.63, 3.8) is 0 Å². The number of benzene rings is 2. The number of carbonyl (C=O) groups excluding carboxylic acids is 2. The Morgan fingerprint density at radius 3 is 2.00 bits per heavy atom. The van der Waals surface area contributed by atoms with E-state index in [-0.39, 0.29) is 11.8 Å². The molecule has 2 amide bonds. The number of hydrogen-bond acceptors (Lipinski definition) is 4. The number of carbonyl (C=O) groups is 2. The molecular formula is C23H28N2O4. The maximum atomic E-state index is 12.7. The van der Waals surface area contributed by atoms with E-state index in [4.69, 9.17) is 9.47 Å². The zero-order valence-electron chi connectivity index (χ0n) is 17.3. The molecule has 0 aromatic heterocycles. The minimum Gasteiger partial charge on any atom is -0.493 e. The Balaban J connectivity index is 1.55. The Bertz CT molecular complexity index is 856. The molecule has 0 saturated carbocycles. The fourth-order valence-corrected chi connectivity index (χ4v) is 3.50. The van der Waals surface area contributed by atoms with Gasteiger partial charge in [-0.1, -0.05) is 25.1 Å². The summed E-state index contributed by atoms with van der Waals surface area (Å²) in [5.41, 5.74) is 2.79. The van der Waals surface area contributed by atoms with Crippen molar-refractivity contribution in [3.8, 4) is 11.5 Å². The van der Waals surface area contributed by atoms with Crippen LogP contribution in [0.3, 0.4) is 0 Å². The molecule has 6 heteroatoms. The third-order valence-corrected chi connectivity index (χ3v) is 5.33. The molecule has 0 bridgehead atoms. The lowest BCUT2D eigenvalue weighted by Gasteiger charge is -2.35. The molecule has 6 nitrogen and oxygen atoms in total. The third kappa shape index (κ3) is 4.88. The molecule has 1 fully saturated rings. The van der Waals surface area contributed by atoms with Gasteiger partial charge in [-0.15, -0.1) is 0 Å². The molecule has 0 unspecified atom stereocenters. The fraction of sp³-hybridized carbons (Fsp3) is 0.391. The van der Waals surface area contributed by atoms with Gasteiger partial charge in [0.1, 0.15) is 0 Å². The maximum absolute atomic E-state index is 12.7. The summed E-state index contributed by atoms with van der Waals surface area (Å²) < 4.78 is 10.5. The zero-order chi connectivity index (χ0) is 20.8. The van der Waals surface area contributed by atoms with Crippen molar-refractivity contribution in [2.45, 2.75) is 19.8 Å². The summed E-state index contributed by atoms with van der Waals surface area (Å²) in [5.74, 6) is 1.33. The van der Waals surface area contributed by atoms with E-state index >= 15 is 0 Å². The number of rotatable bonds is 6. The van der Waals surface area contributed by atoms with E-state index in [1.807, 2.05) is 52.3 Å². The number of nitrogens with zero attached hydrogens (tertiary/aromatic N) is 2. The molecule has 0 N–H and O–H groups in total. The van der Waals surface area contributed by atoms with Crippen LogP contribution in [-0.2, 0) is 17.6 Å². The van der Waals surface area contributed by atoms with Crippen molar-refractivity contribution < 1.29 is 19.1 Å². The van der Waals surface area contributed by atoms with Crippen LogP contribution >= 0.6 is 0 Å². The average molecular weight is 396 g/mol. The number of hydrogen-bond donors (Lipinski definition) is 0. The van der Waals surface area contributed by atoms with Crippen molar-refractivity contribution in [2.75, 3.05) is 40.4 Å². The van der Waals surface area contributed by atoms with Gasteiger partial charge in [-0.25, -0.2) is 0 Å². The Hall–Kier alpha value is -3.02. The van der Waals surface area contributed by atoms with Gasteiger partial charge in [0.15, 0.2) is 11.5 Å². The summed E-state index contributed by atoms with van der Waals surface area (Å²) in [6.45, 7) is 4.28. The zero-order valence-corrected chi connectivity index (χ0v) is 17.3. The number of amides is 2. The molecule has 1 aliphatic rings. The molecule has 1 aliphatic heterocycles. The molecule has 0 radical (unpaired) electrons. The van der Waals surface area contributed by atoms with Crippen molar-refractivity contribution in [1.82, 2.24) is 9.80 Å². The van der Waals surface area contributed by atoms with Gasteiger partial charge in [-0.05, 0) is 41.8 Å². The second kappa shape index (κ2) is 9.45. The largest absolute Gasteiger partial charge is 0.493 e. The molecule has 1 heterocycles. The maximum Gasteiger partial charge on any atom is 0.253 e. The minimum absolute atomic E-state index is 0.0274. The van der Waals surface area contributed by atoms with Crippen molar-refractivity contribution >= 4 is 11.8 Å². The first-order chi connectivity index (χ1) is 14.0. The monoisotopic (exact) mass is 396 g/mol. The lowest BCUT2D eigenvalue weighted by atomic mass is 10.1. The van der Waals surface area contributed by atoms with Gasteiger partial charge >= 0.3 is 0 Å². The molecule has 2 aromatic carbocycles. The average Bonchev–Trinajstić information content (AvgIpc) is 2.78. The first-order valence-electron chi connectivity index (χ1n) is 9.92. The molecule has 154 valence electrons. The van der Waals surface area contributed by atoms with E-state index in [1.54, 1.807) is 14.2 Å². The van der Waals surface area contributed by atoms with Crippen molar-refractivity contribution in [3.05, 3.63) is 59.2 Å². The van der Waals surface area contributed by atoms with Crippen LogP contribution in [0, 0.1) is 0 Å². The smallest absolute Gasteiger partial charge is 0.253 e. The van der Waals surface area contributed by atoms with Crippen LogP contribution in [0.5, 0.6) is 11.5 Å². The molecule has 0 aliphatic carbocycles. The van der Waals surface area contributed by atoms with Crippen LogP contribution in [0.25, 0.3) is 0 Å². The topological polar surface area (TPSA) is 59.1 Å². The van der Waals surface area contributed by atoms with E-state index in [9.17, 15) is 9.59 Å². The summed E-state index contributed by atoms with van der Waals surface area (Å²) in [6, 6.07) is 13.3. The van der Waals surface area contributed by atoms with Gasteiger partial charge < -0.3 is 19.3 Å². The van der Waals surface area contributed by atoms with Crippen LogP contribution in [0.4, 0.5) is 0 Å². The van der Waals surface area contributed by atoms with Gasteiger partial charge in [0.2, 0.25) is 5.91 Å². The van der Waals surface area contributed by atoms with E-state index in [2.05, 4.69) is 6.92 Å². The second-order valence-corrected chi connectivity index (χ2v) is 7.09. The highest BCUT2D eigenvalue weighted by Gasteiger charge is 2.25. The van der Waals surface area contributed by atoms with E-state index in [0.29, 0.717) is 49.7 Å². The molecule has 0 spiro atoms. The third-order valence-electron chi connectivity index (χ3n) is 5.33. The summed E-state index contributed by atoms with van der Waals surface area (Å²) in [6.07, 6.45) is 1.25. The van der Waals surface area contributed by atoms with E-state index in [1.165, 1.54) is 5.56 Å². The van der Waals surface area contributed by atoms with Gasteiger partial charge in [0.05, 0.1) is 20.6 Å². The SMILES string of the molecule is CCc1ccc(C(=O)N2CCN(C(=O)Cc3ccc(OC)c(OC)c3)CC2)cc1. The number of ether oxygens (including phenoxy) is 2. The Kier molecular flexibility index (Phi) is 6.75. The van der Waals surface area contributed by atoms with Crippen molar-refractivity contribution in [1.29, 1.82) is 0 Å². The number of aryl methyl sites for hydroxylation is 1. The highest BCUT2D eigenvalue weighted by atomic mass is 16.5. The Morgan fingerprint density at radius 1 is 0.828 bits per heavy atom. The van der Waals surface area contributed by atoms with E-state index < -0.39 is 0 Å². The minimum atomic E-state index is 0.0274. The molecular weight excluding hydrogens is 368 g/mol. The molecule has 3 rings (SSSR count). The summed E-state index contributed by atoms with van der Waals surface area (Å²) in [4.78, 5) is 29.0. The predicted molar refractivity (Wildman–Crippen MR) is 112 cm³/mol. The van der Waals surface area contributed by atoms with Crippen LogP contribution in [0.2, 0.25) is 0 Å². The van der Waals surface area contributed by atoms with Crippen LogP contribution < -0.4 is 9.47 Å². The van der Waals surface area contributed by atoms with Crippen LogP contribution in [0.15, 0.2) is 42.5 Å². The normalized spacial score (nSPS) is 13.9. The number of piperazine rings is 1. The van der Waals surface area contributed by atoms with Crippen molar-refractivity contribution in [2.24, 2.45) is 0 Å². The van der Waals surface area contributed by atoms with Crippen LogP contribution in [-0.4, -0.2) is 62.0 Å². The molecule has 2 aromatic rings. The number of methoxy groups -OCH3 is 2. The summed E-state index contributed by atoms with van der Waals surface area (Å²) in [7, 11) is 3.16. The first kappa shape index (κ1) is 20.7. The van der Waals surface area contributed by atoms with Gasteiger partial charge in [0.25, 0.3) is 5.91 Å². The summed E-state index contributed by atoms with van der Waals surface area (Å²) >= 11 is 0. The first-order valence-corrected chi connectivity index (χ1v) is 9.92. The molecule has 1 saturated heterocycles. The standard InChI is InChI=1S/C23H28N2O4/c1-4-17-5-8-19(9-6-17)23(27)25-13-11-24(12-14-25)22(26)16-18-7-10-20(28-2)21(15-18)29-3/h5-10,15H,4,11-14,16H2,1-3H3. The summed E-state index contributed by atoms with van der Waals surface area (Å²) in [5, 5.41) is 0. The van der Waals surface area contributed by atoms with E-state index in [0.717, 1.165) is 12.0 Å². The lowest BCUT2D eigenvalue weighted by Crippen LogP contribution is -2.51. The Morgan fingerprint density at radius 2 is 1.41 bits per heavy atom. The highest BCUT2D eigenvalue weighted by molar-refractivity contribution is 5.94. The fourth-order valence-electron chi connectivity index (χ4n) is 3.50. The van der Waals surface area contributed by atoms with Gasteiger partial charge in [-0.3, -0.25) is 9.59 Å². The molecule has 29 heavy (non-hydrogen) atoms. The highest BCUT2D eigenvalue weighted by Crippen LogP contribution is 2.28. The lowest BCUT2D eigenvalue weighted by molar-refractivity contribution is -0.131. The molecule has 0 atom stereocenters. The quantitative estimate of drug-likeness (QED) is 0.753. The predicted octanol–water partition coefficient (Wildman–Crippen LogP) is 2.79. The van der Waals surface area contributed by atoms with Gasteiger partial charge in [-0.2, -0.15) is 0 Å². The van der Waals surface area contributed by atoms with Gasteiger partial charge in [0, 0.05) is 31.7 Å². The Labute approximate surface area is 172 Å². The second-order valence-electron chi connectivity index (χ2n) is 7.09. The van der Waals surface area contributed by atoms with Crippen LogP contribution in [0.1, 0.15) is 28.4 Å².